The van der Waals surface area contributed by atoms with Crippen molar-refractivity contribution in [3.63, 3.8) is 0 Å². The van der Waals surface area contributed by atoms with E-state index in [4.69, 9.17) is 0 Å². The summed E-state index contributed by atoms with van der Waals surface area (Å²) in [6.45, 7) is 2.56. The highest BCUT2D eigenvalue weighted by Gasteiger charge is 2.07. The van der Waals surface area contributed by atoms with Gasteiger partial charge in [-0.2, -0.15) is 5.10 Å². The van der Waals surface area contributed by atoms with E-state index in [2.05, 4.69) is 15.4 Å². The molecule has 1 N–H and O–H groups in total. The minimum Gasteiger partial charge on any atom is -0.352 e. The first kappa shape index (κ1) is 11.8. The second-order valence-corrected chi connectivity index (χ2v) is 4.73. The lowest BCUT2D eigenvalue weighted by Crippen LogP contribution is -2.25. The van der Waals surface area contributed by atoms with Crippen molar-refractivity contribution in [3.05, 3.63) is 34.0 Å². The summed E-state index contributed by atoms with van der Waals surface area (Å²) >= 11 is 1.62. The van der Waals surface area contributed by atoms with Crippen LogP contribution in [0.2, 0.25) is 0 Å². The Kier molecular flexibility index (Phi) is 3.53. The van der Waals surface area contributed by atoms with Crippen LogP contribution in [0.25, 0.3) is 0 Å². The molecule has 0 bridgehead atoms. The minimum atomic E-state index is -0.0913. The zero-order chi connectivity index (χ0) is 12.3. The topological polar surface area (TPSA) is 59.8 Å². The maximum Gasteiger partial charge on any atom is 0.254 e. The summed E-state index contributed by atoms with van der Waals surface area (Å²) in [6, 6.07) is 0. The van der Waals surface area contributed by atoms with Crippen molar-refractivity contribution >= 4 is 17.2 Å². The van der Waals surface area contributed by atoms with Gasteiger partial charge in [0.1, 0.15) is 0 Å². The molecular formula is C11H14N4OS. The van der Waals surface area contributed by atoms with Crippen LogP contribution >= 0.6 is 11.3 Å². The average Bonchev–Trinajstić information content (AvgIpc) is 2.88. The zero-order valence-electron chi connectivity index (χ0n) is 9.80. The molecule has 2 heterocycles. The van der Waals surface area contributed by atoms with Gasteiger partial charge in [-0.25, -0.2) is 4.98 Å². The van der Waals surface area contributed by atoms with Crippen LogP contribution in [0.5, 0.6) is 0 Å². The van der Waals surface area contributed by atoms with Gasteiger partial charge >= 0.3 is 0 Å². The van der Waals surface area contributed by atoms with Crippen LogP contribution in [-0.2, 0) is 13.5 Å². The monoisotopic (exact) mass is 250 g/mol. The number of carbonyl (C=O) groups is 1. The number of amides is 1. The molecule has 0 fully saturated rings. The highest BCUT2D eigenvalue weighted by Crippen LogP contribution is 2.08. The summed E-state index contributed by atoms with van der Waals surface area (Å²) in [4.78, 5) is 16.0. The predicted molar refractivity (Wildman–Crippen MR) is 66.1 cm³/mol. The fourth-order valence-corrected chi connectivity index (χ4v) is 2.22. The molecule has 90 valence electrons. The molecule has 2 aromatic heterocycles. The maximum atomic E-state index is 11.7. The summed E-state index contributed by atoms with van der Waals surface area (Å²) in [5.41, 5.74) is 1.62. The molecule has 2 aromatic rings. The SMILES string of the molecule is Cc1csc(CCNC(=O)c2cnn(C)c2)n1. The minimum absolute atomic E-state index is 0.0913. The van der Waals surface area contributed by atoms with E-state index in [9.17, 15) is 4.79 Å². The van der Waals surface area contributed by atoms with Gasteiger partial charge in [0.05, 0.1) is 16.8 Å². The van der Waals surface area contributed by atoms with Crippen LogP contribution in [0, 0.1) is 6.92 Å². The Morgan fingerprint density at radius 1 is 1.59 bits per heavy atom. The van der Waals surface area contributed by atoms with Gasteiger partial charge in [-0.3, -0.25) is 9.48 Å². The van der Waals surface area contributed by atoms with Crippen molar-refractivity contribution in [1.29, 1.82) is 0 Å². The number of aromatic nitrogens is 3. The lowest BCUT2D eigenvalue weighted by Gasteiger charge is -2.00. The van der Waals surface area contributed by atoms with E-state index in [0.29, 0.717) is 12.1 Å². The first-order chi connectivity index (χ1) is 8.15. The molecule has 0 radical (unpaired) electrons. The van der Waals surface area contributed by atoms with E-state index in [1.165, 1.54) is 0 Å². The van der Waals surface area contributed by atoms with Gasteiger partial charge in [0.25, 0.3) is 5.91 Å². The standard InChI is InChI=1S/C11H14N4OS/c1-8-7-17-10(14-8)3-4-12-11(16)9-5-13-15(2)6-9/h5-7H,3-4H2,1-2H3,(H,12,16). The third kappa shape index (κ3) is 3.13. The highest BCUT2D eigenvalue weighted by molar-refractivity contribution is 7.09. The number of hydrogen-bond donors (Lipinski definition) is 1. The van der Waals surface area contributed by atoms with Crippen LogP contribution in [0.3, 0.4) is 0 Å². The third-order valence-electron chi connectivity index (χ3n) is 2.26. The zero-order valence-corrected chi connectivity index (χ0v) is 10.6. The van der Waals surface area contributed by atoms with Gasteiger partial charge in [0.2, 0.25) is 0 Å². The van der Waals surface area contributed by atoms with Crippen LogP contribution in [0.1, 0.15) is 21.1 Å². The number of hydrogen-bond acceptors (Lipinski definition) is 4. The molecule has 5 nitrogen and oxygen atoms in total. The largest absolute Gasteiger partial charge is 0.352 e. The molecule has 0 aliphatic carbocycles. The molecule has 0 aliphatic rings. The molecule has 6 heteroatoms. The van der Waals surface area contributed by atoms with E-state index >= 15 is 0 Å². The van der Waals surface area contributed by atoms with Crippen molar-refractivity contribution < 1.29 is 4.79 Å². The molecular weight excluding hydrogens is 236 g/mol. The first-order valence-corrected chi connectivity index (χ1v) is 6.21. The lowest BCUT2D eigenvalue weighted by molar-refractivity contribution is 0.0954. The van der Waals surface area contributed by atoms with Gasteiger partial charge < -0.3 is 5.32 Å². The van der Waals surface area contributed by atoms with E-state index in [-0.39, 0.29) is 5.91 Å². The fraction of sp³-hybridized carbons (Fsp3) is 0.364. The summed E-state index contributed by atoms with van der Waals surface area (Å²) in [5, 5.41) is 9.86. The molecule has 0 saturated heterocycles. The maximum absolute atomic E-state index is 11.7. The van der Waals surface area contributed by atoms with Gasteiger partial charge in [-0.1, -0.05) is 0 Å². The number of aryl methyl sites for hydroxylation is 2. The summed E-state index contributed by atoms with van der Waals surface area (Å²) in [6.07, 6.45) is 4.02. The molecule has 0 aliphatic heterocycles. The number of thiazole rings is 1. The second-order valence-electron chi connectivity index (χ2n) is 3.79. The Balaban J connectivity index is 1.81. The van der Waals surface area contributed by atoms with Crippen molar-refractivity contribution in [2.24, 2.45) is 7.05 Å². The number of nitrogens with one attached hydrogen (secondary N) is 1. The molecule has 2 rings (SSSR count). The van der Waals surface area contributed by atoms with Gasteiger partial charge in [0, 0.05) is 37.3 Å². The van der Waals surface area contributed by atoms with Crippen LogP contribution in [0.4, 0.5) is 0 Å². The first-order valence-electron chi connectivity index (χ1n) is 5.33. The Morgan fingerprint density at radius 2 is 2.41 bits per heavy atom. The second kappa shape index (κ2) is 5.09. The number of rotatable bonds is 4. The summed E-state index contributed by atoms with van der Waals surface area (Å²) < 4.78 is 1.61. The van der Waals surface area contributed by atoms with Crippen molar-refractivity contribution in [3.8, 4) is 0 Å². The highest BCUT2D eigenvalue weighted by atomic mass is 32.1. The van der Waals surface area contributed by atoms with Crippen LogP contribution < -0.4 is 5.32 Å². The van der Waals surface area contributed by atoms with Crippen molar-refractivity contribution in [2.75, 3.05) is 6.54 Å². The van der Waals surface area contributed by atoms with Crippen molar-refractivity contribution in [2.45, 2.75) is 13.3 Å². The van der Waals surface area contributed by atoms with E-state index in [0.717, 1.165) is 17.1 Å². The number of nitrogens with zero attached hydrogens (tertiary/aromatic N) is 3. The Hall–Kier alpha value is -1.69. The Labute approximate surface area is 103 Å². The van der Waals surface area contributed by atoms with E-state index in [1.807, 2.05) is 12.3 Å². The van der Waals surface area contributed by atoms with Gasteiger partial charge in [-0.05, 0) is 6.92 Å². The number of carbonyl (C=O) groups excluding carboxylic acids is 1. The molecule has 1 amide bonds. The van der Waals surface area contributed by atoms with Crippen LogP contribution in [0.15, 0.2) is 17.8 Å². The fourth-order valence-electron chi connectivity index (χ4n) is 1.44. The summed E-state index contributed by atoms with van der Waals surface area (Å²) in [7, 11) is 1.79. The van der Waals surface area contributed by atoms with E-state index in [1.54, 1.807) is 35.5 Å². The van der Waals surface area contributed by atoms with Crippen molar-refractivity contribution in [1.82, 2.24) is 20.1 Å². The molecule has 0 atom stereocenters. The molecule has 17 heavy (non-hydrogen) atoms. The Bertz CT molecular complexity index is 517. The summed E-state index contributed by atoms with van der Waals surface area (Å²) in [5.74, 6) is -0.0913. The smallest absolute Gasteiger partial charge is 0.254 e. The molecule has 0 unspecified atom stereocenters. The molecule has 0 saturated carbocycles. The predicted octanol–water partition coefficient (Wildman–Crippen LogP) is 1.16. The average molecular weight is 250 g/mol. The normalized spacial score (nSPS) is 10.5. The Morgan fingerprint density at radius 3 is 3.00 bits per heavy atom. The van der Waals surface area contributed by atoms with Crippen LogP contribution in [-0.4, -0.2) is 27.2 Å². The van der Waals surface area contributed by atoms with Gasteiger partial charge in [0.15, 0.2) is 0 Å². The quantitative estimate of drug-likeness (QED) is 0.885. The molecule has 0 spiro atoms. The van der Waals surface area contributed by atoms with E-state index < -0.39 is 0 Å². The third-order valence-corrected chi connectivity index (χ3v) is 3.28. The molecule has 0 aromatic carbocycles. The lowest BCUT2D eigenvalue weighted by atomic mass is 10.3. The van der Waals surface area contributed by atoms with Gasteiger partial charge in [-0.15, -0.1) is 11.3 Å².